The number of carbonyl (C=O) groups is 4. The number of halogens is 1. The number of amides is 4. The maximum atomic E-state index is 13.5. The highest BCUT2D eigenvalue weighted by molar-refractivity contribution is 8.00. The molecule has 9 nitrogen and oxygen atoms in total. The molecule has 4 aromatic carbocycles. The second-order valence-corrected chi connectivity index (χ2v) is 11.1. The lowest BCUT2D eigenvalue weighted by Gasteiger charge is -2.15. The van der Waals surface area contributed by atoms with Crippen LogP contribution in [-0.4, -0.2) is 43.1 Å². The fourth-order valence-electron chi connectivity index (χ4n) is 4.66. The van der Waals surface area contributed by atoms with Crippen molar-refractivity contribution >= 4 is 52.8 Å². The first-order valence-electron chi connectivity index (χ1n) is 13.8. The van der Waals surface area contributed by atoms with E-state index in [1.54, 1.807) is 72.8 Å². The molecule has 1 atom stereocenters. The van der Waals surface area contributed by atoms with Gasteiger partial charge in [-0.1, -0.05) is 30.3 Å². The van der Waals surface area contributed by atoms with Crippen LogP contribution in [-0.2, 0) is 14.4 Å². The monoisotopic (exact) mass is 625 g/mol. The molecule has 45 heavy (non-hydrogen) atoms. The van der Waals surface area contributed by atoms with Crippen LogP contribution in [0, 0.1) is 5.82 Å². The van der Waals surface area contributed by atoms with Gasteiger partial charge in [-0.2, -0.15) is 0 Å². The van der Waals surface area contributed by atoms with Gasteiger partial charge in [-0.3, -0.25) is 19.2 Å². The number of hydrogen-bond donors (Lipinski definition) is 2. The summed E-state index contributed by atoms with van der Waals surface area (Å²) in [6.45, 7) is 0. The number of para-hydroxylation sites is 1. The first kappa shape index (κ1) is 31.0. The molecule has 0 spiro atoms. The largest absolute Gasteiger partial charge is 0.493 e. The number of imide groups is 1. The quantitative estimate of drug-likeness (QED) is 0.172. The van der Waals surface area contributed by atoms with E-state index in [9.17, 15) is 23.6 Å². The van der Waals surface area contributed by atoms with Crippen LogP contribution in [0.3, 0.4) is 0 Å². The lowest BCUT2D eigenvalue weighted by atomic mass is 10.1. The molecule has 1 fully saturated rings. The van der Waals surface area contributed by atoms with Crippen molar-refractivity contribution in [1.29, 1.82) is 0 Å². The van der Waals surface area contributed by atoms with E-state index in [1.807, 2.05) is 0 Å². The summed E-state index contributed by atoms with van der Waals surface area (Å²) in [4.78, 5) is 53.8. The number of methoxy groups -OCH3 is 2. The van der Waals surface area contributed by atoms with E-state index in [-0.39, 0.29) is 23.9 Å². The second kappa shape index (κ2) is 13.9. The fourth-order valence-corrected chi connectivity index (χ4v) is 5.71. The van der Waals surface area contributed by atoms with Crippen LogP contribution in [0.25, 0.3) is 6.08 Å². The van der Waals surface area contributed by atoms with Crippen molar-refractivity contribution in [3.8, 4) is 11.5 Å². The van der Waals surface area contributed by atoms with Gasteiger partial charge in [0.15, 0.2) is 11.5 Å². The molecule has 1 heterocycles. The van der Waals surface area contributed by atoms with E-state index >= 15 is 0 Å². The van der Waals surface area contributed by atoms with Crippen LogP contribution in [0.2, 0.25) is 0 Å². The molecular formula is C34H28FN3O6S. The van der Waals surface area contributed by atoms with Crippen LogP contribution in [0.5, 0.6) is 11.5 Å². The lowest BCUT2D eigenvalue weighted by molar-refractivity contribution is -0.121. The van der Waals surface area contributed by atoms with E-state index in [2.05, 4.69) is 10.6 Å². The molecule has 5 rings (SSSR count). The van der Waals surface area contributed by atoms with Crippen molar-refractivity contribution in [2.24, 2.45) is 0 Å². The zero-order valence-electron chi connectivity index (χ0n) is 24.3. The molecule has 0 bridgehead atoms. The highest BCUT2D eigenvalue weighted by atomic mass is 32.2. The SMILES string of the molecule is COc1cccc(/C=C(\NC(=O)c2ccccc2)C(=O)Nc2ccc(SC3CC(=O)N(c4ccc(F)cc4)C3=O)cc2)c1OC. The summed E-state index contributed by atoms with van der Waals surface area (Å²) in [5.41, 5.74) is 1.59. The Bertz CT molecular complexity index is 1760. The molecule has 4 aromatic rings. The third kappa shape index (κ3) is 7.22. The number of anilines is 2. The fraction of sp³-hybridized carbons (Fsp3) is 0.118. The first-order chi connectivity index (χ1) is 21.8. The third-order valence-corrected chi connectivity index (χ3v) is 8.04. The molecule has 0 aliphatic carbocycles. The van der Waals surface area contributed by atoms with E-state index in [1.165, 1.54) is 56.3 Å². The van der Waals surface area contributed by atoms with Gasteiger partial charge in [-0.15, -0.1) is 11.8 Å². The number of hydrogen-bond acceptors (Lipinski definition) is 7. The molecule has 228 valence electrons. The van der Waals surface area contributed by atoms with E-state index < -0.39 is 22.9 Å². The average molecular weight is 626 g/mol. The molecule has 11 heteroatoms. The van der Waals surface area contributed by atoms with Crippen LogP contribution in [0.15, 0.2) is 108 Å². The van der Waals surface area contributed by atoms with E-state index in [0.29, 0.717) is 38.9 Å². The summed E-state index contributed by atoms with van der Waals surface area (Å²) in [6.07, 6.45) is 1.50. The molecule has 0 saturated carbocycles. The predicted octanol–water partition coefficient (Wildman–Crippen LogP) is 5.68. The third-order valence-electron chi connectivity index (χ3n) is 6.84. The van der Waals surface area contributed by atoms with Gasteiger partial charge >= 0.3 is 0 Å². The van der Waals surface area contributed by atoms with Gasteiger partial charge < -0.3 is 20.1 Å². The highest BCUT2D eigenvalue weighted by Gasteiger charge is 2.40. The van der Waals surface area contributed by atoms with Gasteiger partial charge in [0.25, 0.3) is 11.8 Å². The second-order valence-electron chi connectivity index (χ2n) is 9.79. The Morgan fingerprint density at radius 3 is 2.27 bits per heavy atom. The van der Waals surface area contributed by atoms with Gasteiger partial charge in [0.2, 0.25) is 11.8 Å². The Morgan fingerprint density at radius 2 is 1.60 bits per heavy atom. The van der Waals surface area contributed by atoms with Crippen LogP contribution >= 0.6 is 11.8 Å². The maximum Gasteiger partial charge on any atom is 0.272 e. The van der Waals surface area contributed by atoms with Crippen molar-refractivity contribution in [2.75, 3.05) is 24.4 Å². The Hall–Kier alpha value is -5.42. The van der Waals surface area contributed by atoms with Crippen molar-refractivity contribution in [3.63, 3.8) is 0 Å². The predicted molar refractivity (Wildman–Crippen MR) is 170 cm³/mol. The number of benzene rings is 4. The summed E-state index contributed by atoms with van der Waals surface area (Å²) >= 11 is 1.22. The van der Waals surface area contributed by atoms with Crippen LogP contribution in [0.1, 0.15) is 22.3 Å². The van der Waals surface area contributed by atoms with Crippen molar-refractivity contribution in [2.45, 2.75) is 16.6 Å². The smallest absolute Gasteiger partial charge is 0.272 e. The molecule has 1 aliphatic rings. The minimum absolute atomic E-state index is 0.00235. The van der Waals surface area contributed by atoms with Gasteiger partial charge in [0, 0.05) is 28.1 Å². The summed E-state index contributed by atoms with van der Waals surface area (Å²) in [5, 5.41) is 4.84. The Morgan fingerprint density at radius 1 is 0.889 bits per heavy atom. The standard InChI is InChI=1S/C34H28FN3O6S/c1-43-28-10-6-9-22(31(28)44-2)19-27(37-32(40)21-7-4-3-5-8-21)33(41)36-24-13-17-26(18-14-24)45-29-20-30(39)38(34(29)42)25-15-11-23(35)12-16-25/h3-19,29H,20H2,1-2H3,(H,36,41)(H,37,40)/b27-19-. The van der Waals surface area contributed by atoms with E-state index in [0.717, 1.165) is 4.90 Å². The Kier molecular flexibility index (Phi) is 9.59. The number of ether oxygens (including phenoxy) is 2. The van der Waals surface area contributed by atoms with Crippen molar-refractivity contribution in [3.05, 3.63) is 120 Å². The minimum Gasteiger partial charge on any atom is -0.493 e. The summed E-state index contributed by atoms with van der Waals surface area (Å²) in [6, 6.07) is 25.6. The van der Waals surface area contributed by atoms with Crippen molar-refractivity contribution < 1.29 is 33.0 Å². The van der Waals surface area contributed by atoms with Gasteiger partial charge in [-0.05, 0) is 72.8 Å². The minimum atomic E-state index is -0.649. The zero-order valence-corrected chi connectivity index (χ0v) is 25.1. The Balaban J connectivity index is 1.32. The highest BCUT2D eigenvalue weighted by Crippen LogP contribution is 2.35. The number of carbonyl (C=O) groups excluding carboxylic acids is 4. The van der Waals surface area contributed by atoms with Crippen molar-refractivity contribution in [1.82, 2.24) is 5.32 Å². The topological polar surface area (TPSA) is 114 Å². The molecule has 1 saturated heterocycles. The Labute approximate surface area is 263 Å². The van der Waals surface area contributed by atoms with Gasteiger partial charge in [0.1, 0.15) is 11.5 Å². The molecule has 4 amide bonds. The van der Waals surface area contributed by atoms with Crippen LogP contribution < -0.4 is 25.0 Å². The normalized spacial score (nSPS) is 14.7. The molecule has 1 unspecified atom stereocenters. The number of rotatable bonds is 10. The maximum absolute atomic E-state index is 13.5. The molecule has 0 aromatic heterocycles. The molecule has 0 radical (unpaired) electrons. The average Bonchev–Trinajstić information content (AvgIpc) is 3.33. The lowest BCUT2D eigenvalue weighted by Crippen LogP contribution is -2.31. The molecule has 1 aliphatic heterocycles. The molecular weight excluding hydrogens is 597 g/mol. The van der Waals surface area contributed by atoms with Gasteiger partial charge in [-0.25, -0.2) is 9.29 Å². The van der Waals surface area contributed by atoms with Gasteiger partial charge in [0.05, 0.1) is 25.2 Å². The summed E-state index contributed by atoms with van der Waals surface area (Å²) in [5.74, 6) is -1.43. The molecule has 2 N–H and O–H groups in total. The number of thioether (sulfide) groups is 1. The summed E-state index contributed by atoms with van der Waals surface area (Å²) in [7, 11) is 2.98. The first-order valence-corrected chi connectivity index (χ1v) is 14.6. The van der Waals surface area contributed by atoms with Crippen LogP contribution in [0.4, 0.5) is 15.8 Å². The summed E-state index contributed by atoms with van der Waals surface area (Å²) < 4.78 is 24.2. The number of nitrogens with zero attached hydrogens (tertiary/aromatic N) is 1. The zero-order chi connectivity index (χ0) is 31.9. The van der Waals surface area contributed by atoms with E-state index in [4.69, 9.17) is 9.47 Å². The number of nitrogens with one attached hydrogen (secondary N) is 2.